The molecule has 2 aliphatic rings. The first kappa shape index (κ1) is 31.9. The molecule has 2 aliphatic heterocycles. The van der Waals surface area contributed by atoms with Crippen LogP contribution in [0, 0.1) is 0 Å². The van der Waals surface area contributed by atoms with Gasteiger partial charge in [0, 0.05) is 43.8 Å². The van der Waals surface area contributed by atoms with Gasteiger partial charge in [0.15, 0.2) is 0 Å². The van der Waals surface area contributed by atoms with E-state index in [4.69, 9.17) is 23.1 Å². The van der Waals surface area contributed by atoms with Gasteiger partial charge in [-0.3, -0.25) is 14.4 Å². The van der Waals surface area contributed by atoms with Crippen molar-refractivity contribution in [3.63, 3.8) is 0 Å². The van der Waals surface area contributed by atoms with Crippen LogP contribution in [0.5, 0.6) is 0 Å². The molecule has 42 heavy (non-hydrogen) atoms. The van der Waals surface area contributed by atoms with Gasteiger partial charge in [0.1, 0.15) is 12.1 Å². The van der Waals surface area contributed by atoms with Gasteiger partial charge in [-0.25, -0.2) is 13.1 Å². The third-order valence-electron chi connectivity index (χ3n) is 7.67. The second-order valence-corrected chi connectivity index (χ2v) is 13.1. The molecule has 0 bridgehead atoms. The fourth-order valence-electron chi connectivity index (χ4n) is 5.50. The molecule has 4 rings (SSSR count). The summed E-state index contributed by atoms with van der Waals surface area (Å²) in [5.74, 6) is -1.76. The van der Waals surface area contributed by atoms with Crippen LogP contribution in [0.1, 0.15) is 48.8 Å². The molecule has 0 aliphatic carbocycles. The second kappa shape index (κ2) is 14.4. The van der Waals surface area contributed by atoms with Crippen molar-refractivity contribution in [1.82, 2.24) is 19.8 Å². The van der Waals surface area contributed by atoms with Crippen molar-refractivity contribution in [2.24, 2.45) is 11.5 Å². The summed E-state index contributed by atoms with van der Waals surface area (Å²) >= 11 is 6.13. The summed E-state index contributed by atoms with van der Waals surface area (Å²) in [6.07, 6.45) is 2.56. The van der Waals surface area contributed by atoms with E-state index >= 15 is 0 Å². The predicted octanol–water partition coefficient (Wildman–Crippen LogP) is 1.23. The lowest BCUT2D eigenvalue weighted by atomic mass is 10.1. The quantitative estimate of drug-likeness (QED) is 0.294. The highest BCUT2D eigenvalue weighted by atomic mass is 35.5. The van der Waals surface area contributed by atoms with Gasteiger partial charge in [-0.1, -0.05) is 48.0 Å². The van der Waals surface area contributed by atoms with E-state index in [1.807, 2.05) is 0 Å². The van der Waals surface area contributed by atoms with Crippen LogP contribution in [-0.2, 0) is 43.2 Å². The molecule has 228 valence electrons. The third-order valence-corrected chi connectivity index (χ3v) is 9.26. The Bertz CT molecular complexity index is 1370. The van der Waals surface area contributed by atoms with Crippen molar-refractivity contribution in [1.29, 1.82) is 0 Å². The Kier molecular flexibility index (Phi) is 11.0. The number of rotatable bonds is 11. The fraction of sp³-hybridized carbons (Fsp3) is 0.483. The summed E-state index contributed by atoms with van der Waals surface area (Å²) in [5.41, 5.74) is 14.1. The highest BCUT2D eigenvalue weighted by Gasteiger charge is 2.42. The number of nitrogens with two attached hydrogens (primary N) is 2. The number of carbonyl (C=O) groups excluding carboxylic acids is 3. The lowest BCUT2D eigenvalue weighted by Gasteiger charge is -2.31. The summed E-state index contributed by atoms with van der Waals surface area (Å²) in [7, 11) is -4.02. The molecule has 2 fully saturated rings. The highest BCUT2D eigenvalue weighted by molar-refractivity contribution is 7.88. The maximum atomic E-state index is 13.9. The van der Waals surface area contributed by atoms with Gasteiger partial charge >= 0.3 is 0 Å². The molecule has 2 saturated heterocycles. The molecule has 0 radical (unpaired) electrons. The molecule has 0 unspecified atom stereocenters. The van der Waals surface area contributed by atoms with E-state index in [1.54, 1.807) is 53.4 Å². The Morgan fingerprint density at radius 1 is 1.02 bits per heavy atom. The van der Waals surface area contributed by atoms with Gasteiger partial charge in [-0.05, 0) is 54.5 Å². The molecule has 6 N–H and O–H groups in total. The Balaban J connectivity index is 1.52. The van der Waals surface area contributed by atoms with Crippen LogP contribution in [0.2, 0.25) is 5.02 Å². The monoisotopic (exact) mass is 618 g/mol. The first-order valence-electron chi connectivity index (χ1n) is 14.2. The predicted molar refractivity (Wildman–Crippen MR) is 160 cm³/mol. The largest absolute Gasteiger partial charge is 0.350 e. The zero-order valence-corrected chi connectivity index (χ0v) is 25.1. The molecule has 11 nitrogen and oxygen atoms in total. The number of nitrogens with one attached hydrogen (secondary N) is 2. The van der Waals surface area contributed by atoms with Gasteiger partial charge in [0.05, 0.1) is 12.2 Å². The van der Waals surface area contributed by atoms with E-state index in [1.165, 1.54) is 4.90 Å². The highest BCUT2D eigenvalue weighted by Crippen LogP contribution is 2.22. The number of sulfonamides is 1. The van der Waals surface area contributed by atoms with Crippen molar-refractivity contribution in [2.75, 3.05) is 19.6 Å². The molecule has 2 aromatic carbocycles. The number of benzene rings is 2. The number of piperidine rings is 1. The number of carbonyl (C=O) groups is 3. The minimum Gasteiger partial charge on any atom is -0.350 e. The molecule has 13 heteroatoms. The van der Waals surface area contributed by atoms with Crippen LogP contribution >= 0.6 is 11.6 Å². The topological polar surface area (TPSA) is 168 Å². The molecule has 0 spiro atoms. The summed E-state index contributed by atoms with van der Waals surface area (Å²) < 4.78 is 28.8. The number of hydrogen-bond acceptors (Lipinski definition) is 7. The fourth-order valence-corrected chi connectivity index (χ4v) is 7.02. The van der Waals surface area contributed by atoms with Gasteiger partial charge in [-0.2, -0.15) is 0 Å². The maximum Gasteiger partial charge on any atom is 0.243 e. The van der Waals surface area contributed by atoms with Crippen molar-refractivity contribution in [3.8, 4) is 0 Å². The minimum absolute atomic E-state index is 0.0525. The van der Waals surface area contributed by atoms with Crippen LogP contribution in [0.25, 0.3) is 0 Å². The van der Waals surface area contributed by atoms with E-state index in [2.05, 4.69) is 10.0 Å². The first-order chi connectivity index (χ1) is 20.1. The molecular formula is C29H39ClN6O5S. The molecule has 3 amide bonds. The minimum atomic E-state index is -4.02. The lowest BCUT2D eigenvalue weighted by molar-refractivity contribution is -0.142. The SMILES string of the molecule is NCc1ccc(Cl)cc1CNC(=O)[C@@H]1C[C@H](N)CN1C(=O)[C@@H](CC(=O)N1CCCCC1)NS(=O)(=O)Cc1ccccc1. The second-order valence-electron chi connectivity index (χ2n) is 10.9. The van der Waals surface area contributed by atoms with Gasteiger partial charge in [-0.15, -0.1) is 0 Å². The first-order valence-corrected chi connectivity index (χ1v) is 16.2. The zero-order valence-electron chi connectivity index (χ0n) is 23.5. The molecule has 3 atom stereocenters. The van der Waals surface area contributed by atoms with E-state index in [9.17, 15) is 22.8 Å². The molecule has 0 aromatic heterocycles. The normalized spacial score (nSPS) is 19.9. The summed E-state index contributed by atoms with van der Waals surface area (Å²) in [5, 5.41) is 3.34. The van der Waals surface area contributed by atoms with Crippen LogP contribution < -0.4 is 21.5 Å². The van der Waals surface area contributed by atoms with Crippen LogP contribution in [0.4, 0.5) is 0 Å². The third kappa shape index (κ3) is 8.51. The van der Waals surface area contributed by atoms with Gasteiger partial charge < -0.3 is 26.6 Å². The molecule has 0 saturated carbocycles. The number of amides is 3. The van der Waals surface area contributed by atoms with Crippen molar-refractivity contribution in [2.45, 2.75) is 69.1 Å². The van der Waals surface area contributed by atoms with E-state index in [-0.39, 0.29) is 44.1 Å². The number of nitrogens with zero attached hydrogens (tertiary/aromatic N) is 2. The Morgan fingerprint density at radius 2 is 1.74 bits per heavy atom. The average molecular weight is 619 g/mol. The Labute approximate surface area is 252 Å². The van der Waals surface area contributed by atoms with Crippen LogP contribution in [0.15, 0.2) is 48.5 Å². The summed E-state index contributed by atoms with van der Waals surface area (Å²) in [6, 6.07) is 11.0. The van der Waals surface area contributed by atoms with E-state index in [0.717, 1.165) is 30.4 Å². The molecule has 2 aromatic rings. The van der Waals surface area contributed by atoms with Crippen LogP contribution in [-0.4, -0.2) is 73.7 Å². The Morgan fingerprint density at radius 3 is 2.43 bits per heavy atom. The number of likely N-dealkylation sites (tertiary alicyclic amines) is 2. The lowest BCUT2D eigenvalue weighted by Crippen LogP contribution is -2.55. The Hall–Kier alpha value is -3.03. The zero-order chi connectivity index (χ0) is 30.3. The van der Waals surface area contributed by atoms with Crippen molar-refractivity contribution in [3.05, 3.63) is 70.2 Å². The van der Waals surface area contributed by atoms with Crippen molar-refractivity contribution >= 4 is 39.3 Å². The summed E-state index contributed by atoms with van der Waals surface area (Å²) in [6.45, 7) is 1.57. The maximum absolute atomic E-state index is 13.9. The van der Waals surface area contributed by atoms with Crippen LogP contribution in [0.3, 0.4) is 0 Å². The molecular weight excluding hydrogens is 580 g/mol. The smallest absolute Gasteiger partial charge is 0.243 e. The summed E-state index contributed by atoms with van der Waals surface area (Å²) in [4.78, 5) is 43.4. The number of halogens is 1. The standard InChI is InChI=1S/C29H39ClN6O5S/c30-23-10-9-21(16-31)22(13-23)17-33-28(38)26-14-24(32)18-36(26)29(39)25(15-27(37)35-11-5-2-6-12-35)34-42(40,41)19-20-7-3-1-4-8-20/h1,3-4,7-10,13,24-26,34H,2,5-6,11-12,14-19,31-32H2,(H,33,38)/t24-,25+,26-/m0/s1. The molecule has 2 heterocycles. The van der Waals surface area contributed by atoms with Crippen molar-refractivity contribution < 1.29 is 22.8 Å². The van der Waals surface area contributed by atoms with E-state index in [0.29, 0.717) is 23.7 Å². The van der Waals surface area contributed by atoms with E-state index < -0.39 is 40.0 Å². The average Bonchev–Trinajstić information content (AvgIpc) is 3.37. The number of hydrogen-bond donors (Lipinski definition) is 4. The van der Waals surface area contributed by atoms with Gasteiger partial charge in [0.25, 0.3) is 0 Å². The van der Waals surface area contributed by atoms with Gasteiger partial charge in [0.2, 0.25) is 27.7 Å².